The number of aromatic nitrogens is 3. The third-order valence-corrected chi connectivity index (χ3v) is 3.11. The van der Waals surface area contributed by atoms with Gasteiger partial charge < -0.3 is 9.67 Å². The van der Waals surface area contributed by atoms with Gasteiger partial charge >= 0.3 is 0 Å². The Labute approximate surface area is 85.9 Å². The average Bonchev–Trinajstić information content (AvgIpc) is 2.71. The molecule has 0 aliphatic heterocycles. The van der Waals surface area contributed by atoms with Crippen LogP contribution in [0.5, 0.6) is 0 Å². The first-order chi connectivity index (χ1) is 6.68. The first kappa shape index (κ1) is 9.36. The molecule has 0 saturated carbocycles. The Balaban J connectivity index is 2.39. The van der Waals surface area contributed by atoms with Crippen LogP contribution in [0.25, 0.3) is 10.8 Å². The second kappa shape index (κ2) is 3.51. The normalized spacial score (nSPS) is 13.1. The average molecular weight is 209 g/mol. The number of aliphatic hydroxyl groups excluding tert-OH is 1. The van der Waals surface area contributed by atoms with Crippen LogP contribution in [0.4, 0.5) is 0 Å². The Hall–Kier alpha value is -1.20. The zero-order chi connectivity index (χ0) is 10.1. The Kier molecular flexibility index (Phi) is 2.35. The molecular weight excluding hydrogens is 198 g/mol. The molecule has 2 aromatic heterocycles. The second-order valence-corrected chi connectivity index (χ2v) is 4.17. The SMILES string of the molecule is CC(O)c1cnc(-c2nccn2C)s1. The summed E-state index contributed by atoms with van der Waals surface area (Å²) in [4.78, 5) is 9.27. The molecular formula is C9H11N3OS. The zero-order valence-electron chi connectivity index (χ0n) is 8.01. The lowest BCUT2D eigenvalue weighted by atomic mass is 10.4. The number of nitrogens with zero attached hydrogens (tertiary/aromatic N) is 3. The fourth-order valence-electron chi connectivity index (χ4n) is 1.15. The van der Waals surface area contributed by atoms with Gasteiger partial charge in [0.15, 0.2) is 10.8 Å². The lowest BCUT2D eigenvalue weighted by Crippen LogP contribution is -1.89. The van der Waals surface area contributed by atoms with Gasteiger partial charge in [0.2, 0.25) is 0 Å². The van der Waals surface area contributed by atoms with Gasteiger partial charge in [0.1, 0.15) is 0 Å². The van der Waals surface area contributed by atoms with Gasteiger partial charge in [0.05, 0.1) is 11.0 Å². The summed E-state index contributed by atoms with van der Waals surface area (Å²) in [7, 11) is 1.92. The summed E-state index contributed by atoms with van der Waals surface area (Å²) < 4.78 is 1.91. The Bertz CT molecular complexity index is 433. The fraction of sp³-hybridized carbons (Fsp3) is 0.333. The van der Waals surface area contributed by atoms with Crippen LogP contribution >= 0.6 is 11.3 Å². The molecule has 2 heterocycles. The van der Waals surface area contributed by atoms with Crippen molar-refractivity contribution in [3.05, 3.63) is 23.5 Å². The van der Waals surface area contributed by atoms with Gasteiger partial charge in [0, 0.05) is 25.6 Å². The predicted molar refractivity (Wildman–Crippen MR) is 54.9 cm³/mol. The van der Waals surface area contributed by atoms with Crippen molar-refractivity contribution in [3.8, 4) is 10.8 Å². The van der Waals surface area contributed by atoms with Crippen molar-refractivity contribution >= 4 is 11.3 Å². The van der Waals surface area contributed by atoms with E-state index in [1.54, 1.807) is 19.3 Å². The molecule has 0 fully saturated rings. The monoisotopic (exact) mass is 209 g/mol. The molecule has 74 valence electrons. The molecule has 0 radical (unpaired) electrons. The van der Waals surface area contributed by atoms with Crippen LogP contribution in [0.1, 0.15) is 17.9 Å². The third kappa shape index (κ3) is 1.56. The molecule has 14 heavy (non-hydrogen) atoms. The molecule has 2 rings (SSSR count). The smallest absolute Gasteiger partial charge is 0.168 e. The largest absolute Gasteiger partial charge is 0.388 e. The van der Waals surface area contributed by atoms with Crippen LogP contribution in [0.15, 0.2) is 18.6 Å². The molecule has 0 amide bonds. The summed E-state index contributed by atoms with van der Waals surface area (Å²) in [6, 6.07) is 0. The Morgan fingerprint density at radius 1 is 1.50 bits per heavy atom. The van der Waals surface area contributed by atoms with E-state index in [0.717, 1.165) is 15.7 Å². The molecule has 1 unspecified atom stereocenters. The Morgan fingerprint density at radius 2 is 2.29 bits per heavy atom. The van der Waals surface area contributed by atoms with Gasteiger partial charge in [-0.1, -0.05) is 0 Å². The summed E-state index contributed by atoms with van der Waals surface area (Å²) in [6.45, 7) is 1.73. The van der Waals surface area contributed by atoms with Gasteiger partial charge in [-0.15, -0.1) is 11.3 Å². The highest BCUT2D eigenvalue weighted by Crippen LogP contribution is 2.26. The highest BCUT2D eigenvalue weighted by molar-refractivity contribution is 7.15. The minimum Gasteiger partial charge on any atom is -0.388 e. The minimum absolute atomic E-state index is 0.457. The van der Waals surface area contributed by atoms with Crippen molar-refractivity contribution in [2.75, 3.05) is 0 Å². The van der Waals surface area contributed by atoms with E-state index in [1.165, 1.54) is 11.3 Å². The van der Waals surface area contributed by atoms with Crippen molar-refractivity contribution in [3.63, 3.8) is 0 Å². The van der Waals surface area contributed by atoms with E-state index in [2.05, 4.69) is 9.97 Å². The molecule has 0 saturated heterocycles. The van der Waals surface area contributed by atoms with Crippen LogP contribution in [0.3, 0.4) is 0 Å². The molecule has 0 bridgehead atoms. The molecule has 4 nitrogen and oxygen atoms in total. The second-order valence-electron chi connectivity index (χ2n) is 3.11. The molecule has 1 N–H and O–H groups in total. The molecule has 0 aromatic carbocycles. The lowest BCUT2D eigenvalue weighted by Gasteiger charge is -1.97. The number of hydrogen-bond donors (Lipinski definition) is 1. The summed E-state index contributed by atoms with van der Waals surface area (Å²) in [5, 5.41) is 10.2. The summed E-state index contributed by atoms with van der Waals surface area (Å²) in [5.41, 5.74) is 0. The van der Waals surface area contributed by atoms with E-state index in [-0.39, 0.29) is 0 Å². The van der Waals surface area contributed by atoms with Crippen LogP contribution in [0.2, 0.25) is 0 Å². The highest BCUT2D eigenvalue weighted by Gasteiger charge is 2.11. The maximum Gasteiger partial charge on any atom is 0.168 e. The highest BCUT2D eigenvalue weighted by atomic mass is 32.1. The maximum atomic E-state index is 9.35. The minimum atomic E-state index is -0.457. The van der Waals surface area contributed by atoms with Crippen LogP contribution < -0.4 is 0 Å². The van der Waals surface area contributed by atoms with Gasteiger partial charge in [0.25, 0.3) is 0 Å². The van der Waals surface area contributed by atoms with Crippen molar-refractivity contribution in [2.45, 2.75) is 13.0 Å². The molecule has 2 aromatic rings. The number of hydrogen-bond acceptors (Lipinski definition) is 4. The van der Waals surface area contributed by atoms with Gasteiger partial charge in [-0.25, -0.2) is 9.97 Å². The number of aryl methyl sites for hydroxylation is 1. The lowest BCUT2D eigenvalue weighted by molar-refractivity contribution is 0.203. The van der Waals surface area contributed by atoms with E-state index in [9.17, 15) is 5.11 Å². The standard InChI is InChI=1S/C9H11N3OS/c1-6(13)7-5-11-9(14-7)8-10-3-4-12(8)2/h3-6,13H,1-2H3. The van der Waals surface area contributed by atoms with Gasteiger partial charge in [-0.05, 0) is 6.92 Å². The van der Waals surface area contributed by atoms with E-state index < -0.39 is 6.10 Å². The summed E-state index contributed by atoms with van der Waals surface area (Å²) >= 11 is 1.47. The van der Waals surface area contributed by atoms with Crippen molar-refractivity contribution in [1.82, 2.24) is 14.5 Å². The van der Waals surface area contributed by atoms with Crippen molar-refractivity contribution in [2.24, 2.45) is 7.05 Å². The topological polar surface area (TPSA) is 50.9 Å². The van der Waals surface area contributed by atoms with E-state index in [1.807, 2.05) is 17.8 Å². The van der Waals surface area contributed by atoms with E-state index in [0.29, 0.717) is 0 Å². The first-order valence-electron chi connectivity index (χ1n) is 4.30. The summed E-state index contributed by atoms with van der Waals surface area (Å²) in [5.74, 6) is 0.835. The number of imidazole rings is 1. The molecule has 0 aliphatic rings. The van der Waals surface area contributed by atoms with Gasteiger partial charge in [-0.3, -0.25) is 0 Å². The zero-order valence-corrected chi connectivity index (χ0v) is 8.82. The predicted octanol–water partition coefficient (Wildman–Crippen LogP) is 1.60. The van der Waals surface area contributed by atoms with Crippen LogP contribution in [-0.2, 0) is 7.05 Å². The van der Waals surface area contributed by atoms with Crippen molar-refractivity contribution in [1.29, 1.82) is 0 Å². The summed E-state index contributed by atoms with van der Waals surface area (Å²) in [6.07, 6.45) is 4.85. The van der Waals surface area contributed by atoms with Gasteiger partial charge in [-0.2, -0.15) is 0 Å². The van der Waals surface area contributed by atoms with Crippen LogP contribution in [0, 0.1) is 0 Å². The quantitative estimate of drug-likeness (QED) is 0.817. The molecule has 1 atom stereocenters. The van der Waals surface area contributed by atoms with E-state index >= 15 is 0 Å². The van der Waals surface area contributed by atoms with Crippen molar-refractivity contribution < 1.29 is 5.11 Å². The van der Waals surface area contributed by atoms with Crippen LogP contribution in [-0.4, -0.2) is 19.6 Å². The number of thiazole rings is 1. The maximum absolute atomic E-state index is 9.35. The first-order valence-corrected chi connectivity index (χ1v) is 5.11. The fourth-order valence-corrected chi connectivity index (χ4v) is 2.05. The molecule has 0 aliphatic carbocycles. The third-order valence-electron chi connectivity index (χ3n) is 1.95. The Morgan fingerprint density at radius 3 is 2.79 bits per heavy atom. The molecule has 5 heteroatoms. The number of rotatable bonds is 2. The number of aliphatic hydroxyl groups is 1. The molecule has 0 spiro atoms. The van der Waals surface area contributed by atoms with E-state index in [4.69, 9.17) is 0 Å².